The molecule has 1 aromatic heterocycles. The summed E-state index contributed by atoms with van der Waals surface area (Å²) < 4.78 is 5.77. The van der Waals surface area contributed by atoms with Crippen molar-refractivity contribution < 1.29 is 4.74 Å². The Kier molecular flexibility index (Phi) is 3.04. The average molecular weight is 207 g/mol. The summed E-state index contributed by atoms with van der Waals surface area (Å²) in [6.07, 6.45) is 5.88. The SMILES string of the molecule is CCc1nc(N)cc(OC2CCCC2)n1. The quantitative estimate of drug-likeness (QED) is 0.822. The van der Waals surface area contributed by atoms with E-state index >= 15 is 0 Å². The van der Waals surface area contributed by atoms with E-state index < -0.39 is 0 Å². The number of aryl methyl sites for hydroxylation is 1. The lowest BCUT2D eigenvalue weighted by atomic mass is 10.3. The Labute approximate surface area is 89.9 Å². The van der Waals surface area contributed by atoms with Crippen LogP contribution in [-0.2, 0) is 6.42 Å². The van der Waals surface area contributed by atoms with Gasteiger partial charge in [0.1, 0.15) is 17.7 Å². The van der Waals surface area contributed by atoms with Crippen LogP contribution in [-0.4, -0.2) is 16.1 Å². The lowest BCUT2D eigenvalue weighted by Gasteiger charge is -2.12. The van der Waals surface area contributed by atoms with Crippen molar-refractivity contribution in [2.45, 2.75) is 45.1 Å². The van der Waals surface area contributed by atoms with Gasteiger partial charge in [-0.1, -0.05) is 6.92 Å². The minimum Gasteiger partial charge on any atom is -0.474 e. The number of anilines is 1. The number of hydrogen-bond acceptors (Lipinski definition) is 4. The van der Waals surface area contributed by atoms with Crippen LogP contribution in [0.1, 0.15) is 38.4 Å². The number of nitrogens with two attached hydrogens (primary N) is 1. The van der Waals surface area contributed by atoms with Crippen LogP contribution in [0.5, 0.6) is 5.88 Å². The maximum absolute atomic E-state index is 5.77. The van der Waals surface area contributed by atoms with E-state index in [0.29, 0.717) is 17.8 Å². The van der Waals surface area contributed by atoms with Crippen molar-refractivity contribution in [1.29, 1.82) is 0 Å². The molecule has 0 unspecified atom stereocenters. The third-order valence-electron chi connectivity index (χ3n) is 2.67. The van der Waals surface area contributed by atoms with Gasteiger partial charge in [0, 0.05) is 12.5 Å². The van der Waals surface area contributed by atoms with Crippen LogP contribution < -0.4 is 10.5 Å². The summed E-state index contributed by atoms with van der Waals surface area (Å²) >= 11 is 0. The van der Waals surface area contributed by atoms with E-state index in [2.05, 4.69) is 9.97 Å². The third kappa shape index (κ3) is 2.58. The fourth-order valence-corrected chi connectivity index (χ4v) is 1.89. The van der Waals surface area contributed by atoms with Crippen LogP contribution in [0.2, 0.25) is 0 Å². The van der Waals surface area contributed by atoms with E-state index in [1.807, 2.05) is 6.92 Å². The van der Waals surface area contributed by atoms with Gasteiger partial charge in [-0.3, -0.25) is 0 Å². The maximum Gasteiger partial charge on any atom is 0.218 e. The van der Waals surface area contributed by atoms with Gasteiger partial charge in [0.2, 0.25) is 5.88 Å². The maximum atomic E-state index is 5.77. The first-order valence-electron chi connectivity index (χ1n) is 5.58. The zero-order valence-electron chi connectivity index (χ0n) is 9.07. The summed E-state index contributed by atoms with van der Waals surface area (Å²) in [6, 6.07) is 1.71. The Balaban J connectivity index is 2.09. The predicted octanol–water partition coefficient (Wildman–Crippen LogP) is 1.94. The molecule has 15 heavy (non-hydrogen) atoms. The van der Waals surface area contributed by atoms with Crippen molar-refractivity contribution in [1.82, 2.24) is 9.97 Å². The smallest absolute Gasteiger partial charge is 0.218 e. The highest BCUT2D eigenvalue weighted by Crippen LogP contribution is 2.23. The minimum absolute atomic E-state index is 0.323. The van der Waals surface area contributed by atoms with E-state index in [4.69, 9.17) is 10.5 Å². The predicted molar refractivity (Wildman–Crippen MR) is 58.7 cm³/mol. The molecule has 4 nitrogen and oxygen atoms in total. The second-order valence-electron chi connectivity index (χ2n) is 3.93. The Hall–Kier alpha value is -1.32. The van der Waals surface area contributed by atoms with Gasteiger partial charge in [-0.25, -0.2) is 4.98 Å². The van der Waals surface area contributed by atoms with Gasteiger partial charge >= 0.3 is 0 Å². The Bertz CT molecular complexity index is 335. The molecule has 1 saturated carbocycles. The van der Waals surface area contributed by atoms with Crippen LogP contribution in [0, 0.1) is 0 Å². The zero-order valence-corrected chi connectivity index (χ0v) is 9.07. The van der Waals surface area contributed by atoms with Crippen LogP contribution in [0.25, 0.3) is 0 Å². The van der Waals surface area contributed by atoms with Crippen molar-refractivity contribution in [3.8, 4) is 5.88 Å². The molecule has 0 aromatic carbocycles. The second-order valence-corrected chi connectivity index (χ2v) is 3.93. The molecule has 1 fully saturated rings. The molecule has 0 radical (unpaired) electrons. The highest BCUT2D eigenvalue weighted by atomic mass is 16.5. The molecule has 0 bridgehead atoms. The van der Waals surface area contributed by atoms with Crippen molar-refractivity contribution in [2.75, 3.05) is 5.73 Å². The van der Waals surface area contributed by atoms with Crippen molar-refractivity contribution >= 4 is 5.82 Å². The molecule has 1 aliphatic rings. The molecule has 0 spiro atoms. The highest BCUT2D eigenvalue weighted by molar-refractivity contribution is 5.32. The molecule has 82 valence electrons. The van der Waals surface area contributed by atoms with E-state index in [0.717, 1.165) is 25.1 Å². The molecule has 0 saturated heterocycles. The first-order valence-corrected chi connectivity index (χ1v) is 5.58. The molecule has 2 rings (SSSR count). The molecule has 2 N–H and O–H groups in total. The molecular formula is C11H17N3O. The molecule has 0 aliphatic heterocycles. The van der Waals surface area contributed by atoms with Gasteiger partial charge in [-0.2, -0.15) is 4.98 Å². The Morgan fingerprint density at radius 3 is 2.80 bits per heavy atom. The minimum atomic E-state index is 0.323. The zero-order chi connectivity index (χ0) is 10.7. The van der Waals surface area contributed by atoms with Gasteiger partial charge in [-0.05, 0) is 25.7 Å². The lowest BCUT2D eigenvalue weighted by Crippen LogP contribution is -2.13. The fourth-order valence-electron chi connectivity index (χ4n) is 1.89. The van der Waals surface area contributed by atoms with Gasteiger partial charge in [-0.15, -0.1) is 0 Å². The number of aromatic nitrogens is 2. The number of nitrogen functional groups attached to an aromatic ring is 1. The van der Waals surface area contributed by atoms with Crippen molar-refractivity contribution in [3.05, 3.63) is 11.9 Å². The average Bonchev–Trinajstić information content (AvgIpc) is 2.69. The largest absolute Gasteiger partial charge is 0.474 e. The molecule has 1 heterocycles. The van der Waals surface area contributed by atoms with Crippen LogP contribution >= 0.6 is 0 Å². The molecular weight excluding hydrogens is 190 g/mol. The number of nitrogens with zero attached hydrogens (tertiary/aromatic N) is 2. The topological polar surface area (TPSA) is 61.0 Å². The van der Waals surface area contributed by atoms with Gasteiger partial charge in [0.05, 0.1) is 0 Å². The van der Waals surface area contributed by atoms with E-state index in [1.54, 1.807) is 6.07 Å². The van der Waals surface area contributed by atoms with Gasteiger partial charge < -0.3 is 10.5 Å². The molecule has 1 aromatic rings. The first kappa shape index (κ1) is 10.2. The molecule has 0 amide bonds. The molecule has 0 atom stereocenters. The Morgan fingerprint density at radius 2 is 2.13 bits per heavy atom. The van der Waals surface area contributed by atoms with Crippen LogP contribution in [0.4, 0.5) is 5.82 Å². The van der Waals surface area contributed by atoms with Crippen molar-refractivity contribution in [3.63, 3.8) is 0 Å². The van der Waals surface area contributed by atoms with E-state index in [-0.39, 0.29) is 0 Å². The van der Waals surface area contributed by atoms with Crippen LogP contribution in [0.3, 0.4) is 0 Å². The summed E-state index contributed by atoms with van der Waals surface area (Å²) in [5.41, 5.74) is 5.68. The standard InChI is InChI=1S/C11H17N3O/c1-2-10-13-9(12)7-11(14-10)15-8-5-3-4-6-8/h7-8H,2-6H2,1H3,(H2,12,13,14). The second kappa shape index (κ2) is 4.47. The lowest BCUT2D eigenvalue weighted by molar-refractivity contribution is 0.200. The third-order valence-corrected chi connectivity index (χ3v) is 2.67. The monoisotopic (exact) mass is 207 g/mol. The summed E-state index contributed by atoms with van der Waals surface area (Å²) in [7, 11) is 0. The number of hydrogen-bond donors (Lipinski definition) is 1. The van der Waals surface area contributed by atoms with E-state index in [1.165, 1.54) is 12.8 Å². The summed E-state index contributed by atoms with van der Waals surface area (Å²) in [5, 5.41) is 0. The highest BCUT2D eigenvalue weighted by Gasteiger charge is 2.17. The first-order chi connectivity index (χ1) is 7.28. The Morgan fingerprint density at radius 1 is 1.40 bits per heavy atom. The number of rotatable bonds is 3. The van der Waals surface area contributed by atoms with E-state index in [9.17, 15) is 0 Å². The number of ether oxygens (including phenoxy) is 1. The summed E-state index contributed by atoms with van der Waals surface area (Å²) in [4.78, 5) is 8.42. The fraction of sp³-hybridized carbons (Fsp3) is 0.636. The summed E-state index contributed by atoms with van der Waals surface area (Å²) in [6.45, 7) is 2.01. The van der Waals surface area contributed by atoms with Gasteiger partial charge in [0.25, 0.3) is 0 Å². The normalized spacial score (nSPS) is 16.9. The molecule has 1 aliphatic carbocycles. The van der Waals surface area contributed by atoms with Gasteiger partial charge in [0.15, 0.2) is 0 Å². The molecule has 4 heteroatoms. The van der Waals surface area contributed by atoms with Crippen molar-refractivity contribution in [2.24, 2.45) is 0 Å². The van der Waals surface area contributed by atoms with Crippen LogP contribution in [0.15, 0.2) is 6.07 Å². The summed E-state index contributed by atoms with van der Waals surface area (Å²) in [5.74, 6) is 1.88.